The summed E-state index contributed by atoms with van der Waals surface area (Å²) in [5.74, 6) is -0.294. The van der Waals surface area contributed by atoms with Crippen molar-refractivity contribution < 1.29 is 23.8 Å². The Morgan fingerprint density at radius 1 is 1.03 bits per heavy atom. The first kappa shape index (κ1) is 22.0. The third-order valence-electron chi connectivity index (χ3n) is 5.61. The van der Waals surface area contributed by atoms with Gasteiger partial charge in [0.05, 0.1) is 0 Å². The minimum atomic E-state index is -0.646. The Hall–Kier alpha value is -3.22. The molecule has 0 aromatic heterocycles. The number of rotatable bonds is 8. The molecule has 5 nitrogen and oxygen atoms in total. The molecule has 0 saturated carbocycles. The Balaban J connectivity index is 1.72. The highest BCUT2D eigenvalue weighted by atomic mass is 19.1. The Morgan fingerprint density at radius 2 is 1.69 bits per heavy atom. The first-order valence-corrected chi connectivity index (χ1v) is 10.7. The van der Waals surface area contributed by atoms with Crippen LogP contribution in [0.4, 0.5) is 4.39 Å². The molecule has 0 aliphatic carbocycles. The van der Waals surface area contributed by atoms with Crippen LogP contribution in [0.1, 0.15) is 39.0 Å². The second-order valence-corrected chi connectivity index (χ2v) is 7.86. The number of aliphatic hydroxyl groups excluding tert-OH is 1. The Morgan fingerprint density at radius 3 is 2.38 bits per heavy atom. The van der Waals surface area contributed by atoms with E-state index in [1.54, 1.807) is 31.2 Å². The smallest absolute Gasteiger partial charge is 0.347 e. The summed E-state index contributed by atoms with van der Waals surface area (Å²) in [7, 11) is 0. The molecule has 0 bridgehead atoms. The van der Waals surface area contributed by atoms with E-state index in [0.29, 0.717) is 48.7 Å². The molecule has 4 rings (SSSR count). The molecule has 0 unspecified atom stereocenters. The third-order valence-corrected chi connectivity index (χ3v) is 5.61. The van der Waals surface area contributed by atoms with Crippen LogP contribution in [0.25, 0.3) is 0 Å². The molecule has 0 atom stereocenters. The van der Waals surface area contributed by atoms with E-state index in [1.165, 1.54) is 0 Å². The van der Waals surface area contributed by atoms with Crippen molar-refractivity contribution in [1.82, 2.24) is 4.90 Å². The highest BCUT2D eigenvalue weighted by Crippen LogP contribution is 2.39. The molecular formula is C26H26FNO4. The van der Waals surface area contributed by atoms with Crippen LogP contribution in [0.5, 0.6) is 11.5 Å². The predicted octanol–water partition coefficient (Wildman–Crippen LogP) is 4.63. The highest BCUT2D eigenvalue weighted by Gasteiger charge is 2.33. The lowest BCUT2D eigenvalue weighted by atomic mass is 9.98. The Bertz CT molecular complexity index is 1090. The summed E-state index contributed by atoms with van der Waals surface area (Å²) >= 11 is 0. The molecule has 1 heterocycles. The molecule has 0 spiro atoms. The summed E-state index contributed by atoms with van der Waals surface area (Å²) in [5.41, 5.74) is 2.49. The molecule has 3 aromatic carbocycles. The average Bonchev–Trinajstić information content (AvgIpc) is 3.24. The van der Waals surface area contributed by atoms with Crippen LogP contribution in [-0.4, -0.2) is 29.1 Å². The van der Waals surface area contributed by atoms with Gasteiger partial charge in [0.2, 0.25) is 0 Å². The molecule has 1 N–H and O–H groups in total. The number of ether oxygens (including phenoxy) is 2. The van der Waals surface area contributed by atoms with Crippen LogP contribution in [0.15, 0.2) is 60.7 Å². The van der Waals surface area contributed by atoms with E-state index in [2.05, 4.69) is 0 Å². The summed E-state index contributed by atoms with van der Waals surface area (Å²) in [5, 5.41) is 9.18. The zero-order chi connectivity index (χ0) is 22.5. The standard InChI is InChI=1S/C26H26FNO4/c1-18-23(26(30)32-20-11-6-3-7-12-20)25(31-17-19-9-4-2-5-10-19)22-16-28(13-8-14-29)15-21(22)24(18)27/h2-7,9-12,29H,8,13-17H2,1H3. The molecule has 32 heavy (non-hydrogen) atoms. The first-order chi connectivity index (χ1) is 15.6. The van der Waals surface area contributed by atoms with Gasteiger partial charge in [0.25, 0.3) is 0 Å². The predicted molar refractivity (Wildman–Crippen MR) is 119 cm³/mol. The van der Waals surface area contributed by atoms with Gasteiger partial charge in [-0.05, 0) is 31.0 Å². The third kappa shape index (κ3) is 4.66. The van der Waals surface area contributed by atoms with E-state index in [4.69, 9.17) is 9.47 Å². The summed E-state index contributed by atoms with van der Waals surface area (Å²) in [4.78, 5) is 15.2. The van der Waals surface area contributed by atoms with Gasteiger partial charge in [0.15, 0.2) is 0 Å². The molecule has 0 amide bonds. The number of carbonyl (C=O) groups is 1. The van der Waals surface area contributed by atoms with E-state index in [9.17, 15) is 9.90 Å². The number of benzene rings is 3. The number of nitrogens with zero attached hydrogens (tertiary/aromatic N) is 1. The lowest BCUT2D eigenvalue weighted by Crippen LogP contribution is -2.18. The van der Waals surface area contributed by atoms with Crippen LogP contribution >= 0.6 is 0 Å². The van der Waals surface area contributed by atoms with Crippen molar-refractivity contribution in [3.8, 4) is 11.5 Å². The van der Waals surface area contributed by atoms with Gasteiger partial charge in [-0.1, -0.05) is 48.5 Å². The summed E-state index contributed by atoms with van der Waals surface area (Å²) in [6.07, 6.45) is 0.595. The maximum absolute atomic E-state index is 15.4. The van der Waals surface area contributed by atoms with Gasteiger partial charge in [-0.15, -0.1) is 0 Å². The zero-order valence-electron chi connectivity index (χ0n) is 18.0. The minimum absolute atomic E-state index is 0.0698. The van der Waals surface area contributed by atoms with Crippen LogP contribution in [0, 0.1) is 12.7 Å². The maximum atomic E-state index is 15.4. The number of para-hydroxylation sites is 1. The fourth-order valence-electron chi connectivity index (χ4n) is 4.00. The number of carbonyl (C=O) groups excluding carboxylic acids is 1. The van der Waals surface area contributed by atoms with Crippen LogP contribution in [-0.2, 0) is 19.7 Å². The monoisotopic (exact) mass is 435 g/mol. The van der Waals surface area contributed by atoms with E-state index < -0.39 is 11.8 Å². The Kier molecular flexibility index (Phi) is 6.83. The molecule has 1 aliphatic heterocycles. The van der Waals surface area contributed by atoms with Gasteiger partial charge in [-0.25, -0.2) is 9.18 Å². The highest BCUT2D eigenvalue weighted by molar-refractivity contribution is 5.96. The fraction of sp³-hybridized carbons (Fsp3) is 0.269. The number of esters is 1. The zero-order valence-corrected chi connectivity index (χ0v) is 18.0. The summed E-state index contributed by atoms with van der Waals surface area (Å²) < 4.78 is 27.1. The largest absolute Gasteiger partial charge is 0.488 e. The molecule has 0 radical (unpaired) electrons. The van der Waals surface area contributed by atoms with Crippen molar-refractivity contribution in [2.45, 2.75) is 33.0 Å². The number of fused-ring (bicyclic) bond motifs is 1. The van der Waals surface area contributed by atoms with Crippen LogP contribution < -0.4 is 9.47 Å². The molecule has 0 saturated heterocycles. The second-order valence-electron chi connectivity index (χ2n) is 7.86. The van der Waals surface area contributed by atoms with E-state index in [-0.39, 0.29) is 24.3 Å². The van der Waals surface area contributed by atoms with Crippen LogP contribution in [0.3, 0.4) is 0 Å². The minimum Gasteiger partial charge on any atom is -0.488 e. The summed E-state index contributed by atoms with van der Waals surface area (Å²) in [6, 6.07) is 18.3. The second kappa shape index (κ2) is 9.94. The number of aliphatic hydroxyl groups is 1. The Labute approximate surface area is 187 Å². The fourth-order valence-corrected chi connectivity index (χ4v) is 4.00. The van der Waals surface area contributed by atoms with Crippen molar-refractivity contribution in [1.29, 1.82) is 0 Å². The molecule has 166 valence electrons. The van der Waals surface area contributed by atoms with Gasteiger partial charge in [-0.2, -0.15) is 0 Å². The lowest BCUT2D eigenvalue weighted by Gasteiger charge is -2.18. The normalized spacial score (nSPS) is 13.1. The van der Waals surface area contributed by atoms with Gasteiger partial charge in [-0.3, -0.25) is 4.90 Å². The van der Waals surface area contributed by atoms with E-state index in [1.807, 2.05) is 41.3 Å². The summed E-state index contributed by atoms with van der Waals surface area (Å²) in [6.45, 7) is 3.40. The van der Waals surface area contributed by atoms with Gasteiger partial charge in [0.1, 0.15) is 29.5 Å². The quantitative estimate of drug-likeness (QED) is 0.413. The maximum Gasteiger partial charge on any atom is 0.347 e. The SMILES string of the molecule is Cc1c(F)c2c(c(OCc3ccccc3)c1C(=O)Oc1ccccc1)CN(CCCO)C2. The van der Waals surface area contributed by atoms with Crippen molar-refractivity contribution in [2.75, 3.05) is 13.2 Å². The topological polar surface area (TPSA) is 59.0 Å². The van der Waals surface area contributed by atoms with E-state index >= 15 is 4.39 Å². The van der Waals surface area contributed by atoms with E-state index in [0.717, 1.165) is 5.56 Å². The molecule has 0 fully saturated rings. The van der Waals surface area contributed by atoms with Crippen molar-refractivity contribution in [3.63, 3.8) is 0 Å². The first-order valence-electron chi connectivity index (χ1n) is 10.7. The lowest BCUT2D eigenvalue weighted by molar-refractivity contribution is 0.0728. The molecular weight excluding hydrogens is 409 g/mol. The van der Waals surface area contributed by atoms with Gasteiger partial charge < -0.3 is 14.6 Å². The number of halogens is 1. The number of hydrogen-bond acceptors (Lipinski definition) is 5. The van der Waals surface area contributed by atoms with Gasteiger partial charge in [0, 0.05) is 42.9 Å². The van der Waals surface area contributed by atoms with Crippen molar-refractivity contribution in [2.24, 2.45) is 0 Å². The van der Waals surface area contributed by atoms with Gasteiger partial charge >= 0.3 is 5.97 Å². The molecule has 3 aromatic rings. The molecule has 1 aliphatic rings. The van der Waals surface area contributed by atoms with Crippen molar-refractivity contribution >= 4 is 5.97 Å². The molecule has 6 heteroatoms. The number of hydrogen-bond donors (Lipinski definition) is 1. The van der Waals surface area contributed by atoms with Crippen molar-refractivity contribution in [3.05, 3.63) is 94.3 Å². The van der Waals surface area contributed by atoms with Crippen LogP contribution in [0.2, 0.25) is 0 Å². The average molecular weight is 435 g/mol.